The van der Waals surface area contributed by atoms with E-state index in [1.165, 1.54) is 11.3 Å². The molecule has 0 spiro atoms. The lowest BCUT2D eigenvalue weighted by molar-refractivity contribution is -0.134. The SMILES string of the molecule is CCC1CN(CC(=O)N2CCN(C(=O)c3cccs3)CC2)CCN1CCOC. The number of methoxy groups -OCH3 is 1. The Balaban J connectivity index is 1.44. The molecule has 1 unspecified atom stereocenters. The van der Waals surface area contributed by atoms with Gasteiger partial charge in [-0.25, -0.2) is 0 Å². The van der Waals surface area contributed by atoms with Gasteiger partial charge in [-0.15, -0.1) is 11.3 Å². The van der Waals surface area contributed by atoms with Gasteiger partial charge in [-0.3, -0.25) is 19.4 Å². The lowest BCUT2D eigenvalue weighted by Gasteiger charge is -2.42. The molecule has 0 bridgehead atoms. The Morgan fingerprint density at radius 1 is 1.14 bits per heavy atom. The largest absolute Gasteiger partial charge is 0.383 e. The van der Waals surface area contributed by atoms with Gasteiger partial charge in [0.05, 0.1) is 18.0 Å². The fraction of sp³-hybridized carbons (Fsp3) is 0.700. The molecule has 2 aliphatic heterocycles. The van der Waals surface area contributed by atoms with Crippen molar-refractivity contribution >= 4 is 23.2 Å². The van der Waals surface area contributed by atoms with Gasteiger partial charge in [0.25, 0.3) is 5.91 Å². The summed E-state index contributed by atoms with van der Waals surface area (Å²) in [5, 5.41) is 1.92. The van der Waals surface area contributed by atoms with Crippen molar-refractivity contribution in [3.05, 3.63) is 22.4 Å². The number of ether oxygens (including phenoxy) is 1. The van der Waals surface area contributed by atoms with E-state index in [0.717, 1.165) is 44.1 Å². The average Bonchev–Trinajstić information content (AvgIpc) is 3.27. The number of rotatable bonds is 7. The standard InChI is InChI=1S/C20H32N4O3S/c1-3-17-15-21(6-7-22(17)12-13-27-2)16-19(25)23-8-10-24(11-9-23)20(26)18-5-4-14-28-18/h4-5,14,17H,3,6-13,15-16H2,1-2H3. The van der Waals surface area contributed by atoms with Crippen LogP contribution in [0.15, 0.2) is 17.5 Å². The number of carbonyl (C=O) groups is 2. The first-order valence-corrected chi connectivity index (χ1v) is 11.1. The maximum Gasteiger partial charge on any atom is 0.264 e. The normalized spacial score (nSPS) is 21.9. The topological polar surface area (TPSA) is 56.3 Å². The molecule has 2 saturated heterocycles. The fourth-order valence-electron chi connectivity index (χ4n) is 4.00. The number of thiophene rings is 1. The highest BCUT2D eigenvalue weighted by Gasteiger charge is 2.29. The predicted molar refractivity (Wildman–Crippen MR) is 111 cm³/mol. The summed E-state index contributed by atoms with van der Waals surface area (Å²) >= 11 is 1.47. The molecule has 3 rings (SSSR count). The molecule has 7 nitrogen and oxygen atoms in total. The maximum absolute atomic E-state index is 12.8. The van der Waals surface area contributed by atoms with Gasteiger partial charge in [-0.1, -0.05) is 13.0 Å². The minimum Gasteiger partial charge on any atom is -0.383 e. The summed E-state index contributed by atoms with van der Waals surface area (Å²) in [4.78, 5) is 34.5. The highest BCUT2D eigenvalue weighted by Crippen LogP contribution is 2.15. The minimum absolute atomic E-state index is 0.0834. The third-order valence-corrected chi connectivity index (χ3v) is 6.61. The van der Waals surface area contributed by atoms with Crippen molar-refractivity contribution in [2.24, 2.45) is 0 Å². The van der Waals surface area contributed by atoms with Gasteiger partial charge in [0.1, 0.15) is 0 Å². The molecule has 156 valence electrons. The highest BCUT2D eigenvalue weighted by molar-refractivity contribution is 7.12. The van der Waals surface area contributed by atoms with Gasteiger partial charge >= 0.3 is 0 Å². The second-order valence-electron chi connectivity index (χ2n) is 7.48. The molecule has 0 aliphatic carbocycles. The molecule has 1 atom stereocenters. The van der Waals surface area contributed by atoms with Gasteiger partial charge in [-0.2, -0.15) is 0 Å². The zero-order chi connectivity index (χ0) is 19.9. The molecule has 8 heteroatoms. The first-order valence-electron chi connectivity index (χ1n) is 10.2. The van der Waals surface area contributed by atoms with E-state index in [-0.39, 0.29) is 11.8 Å². The van der Waals surface area contributed by atoms with Crippen molar-refractivity contribution < 1.29 is 14.3 Å². The number of carbonyl (C=O) groups excluding carboxylic acids is 2. The molecule has 0 radical (unpaired) electrons. The Morgan fingerprint density at radius 3 is 2.54 bits per heavy atom. The molecule has 2 aliphatic rings. The highest BCUT2D eigenvalue weighted by atomic mass is 32.1. The molecule has 3 heterocycles. The second-order valence-corrected chi connectivity index (χ2v) is 8.42. The van der Waals surface area contributed by atoms with Crippen molar-refractivity contribution in [1.82, 2.24) is 19.6 Å². The van der Waals surface area contributed by atoms with E-state index in [9.17, 15) is 9.59 Å². The number of nitrogens with zero attached hydrogens (tertiary/aromatic N) is 4. The molecule has 2 amide bonds. The number of hydrogen-bond acceptors (Lipinski definition) is 6. The molecule has 2 fully saturated rings. The third kappa shape index (κ3) is 5.31. The van der Waals surface area contributed by atoms with Crippen LogP contribution in [0.2, 0.25) is 0 Å². The van der Waals surface area contributed by atoms with Crippen molar-refractivity contribution in [2.45, 2.75) is 19.4 Å². The smallest absolute Gasteiger partial charge is 0.264 e. The van der Waals surface area contributed by atoms with Crippen molar-refractivity contribution in [1.29, 1.82) is 0 Å². The van der Waals surface area contributed by atoms with Crippen molar-refractivity contribution in [3.8, 4) is 0 Å². The van der Waals surface area contributed by atoms with Gasteiger partial charge in [0, 0.05) is 65.5 Å². The summed E-state index contributed by atoms with van der Waals surface area (Å²) in [5.74, 6) is 0.267. The Kier molecular flexibility index (Phi) is 7.84. The van der Waals surface area contributed by atoms with Crippen LogP contribution in [0.4, 0.5) is 0 Å². The zero-order valence-corrected chi connectivity index (χ0v) is 17.8. The van der Waals surface area contributed by atoms with E-state index in [2.05, 4.69) is 16.7 Å². The van der Waals surface area contributed by atoms with E-state index >= 15 is 0 Å². The molecule has 1 aromatic heterocycles. The quantitative estimate of drug-likeness (QED) is 0.676. The first kappa shape index (κ1) is 21.2. The van der Waals surface area contributed by atoms with Gasteiger partial charge < -0.3 is 14.5 Å². The van der Waals surface area contributed by atoms with E-state index in [0.29, 0.717) is 38.8 Å². The molecule has 0 aromatic carbocycles. The summed E-state index contributed by atoms with van der Waals surface area (Å²) < 4.78 is 5.21. The van der Waals surface area contributed by atoms with E-state index < -0.39 is 0 Å². The second kappa shape index (κ2) is 10.3. The van der Waals surface area contributed by atoms with Crippen LogP contribution < -0.4 is 0 Å². The zero-order valence-electron chi connectivity index (χ0n) is 17.0. The summed E-state index contributed by atoms with van der Waals surface area (Å²) in [6.45, 7) is 9.72. The van der Waals surface area contributed by atoms with E-state index in [1.807, 2.05) is 27.3 Å². The fourth-order valence-corrected chi connectivity index (χ4v) is 4.69. The minimum atomic E-state index is 0.0834. The number of hydrogen-bond donors (Lipinski definition) is 0. The van der Waals surface area contributed by atoms with Crippen LogP contribution in [0.25, 0.3) is 0 Å². The summed E-state index contributed by atoms with van der Waals surface area (Å²) in [6, 6.07) is 4.24. The monoisotopic (exact) mass is 408 g/mol. The van der Waals surface area contributed by atoms with E-state index in [1.54, 1.807) is 7.11 Å². The van der Waals surface area contributed by atoms with Crippen molar-refractivity contribution in [2.75, 3.05) is 72.6 Å². The molecule has 1 aromatic rings. The van der Waals surface area contributed by atoms with Crippen LogP contribution in [0.5, 0.6) is 0 Å². The predicted octanol–water partition coefficient (Wildman–Crippen LogP) is 1.08. The maximum atomic E-state index is 12.8. The third-order valence-electron chi connectivity index (χ3n) is 5.75. The molecule has 28 heavy (non-hydrogen) atoms. The van der Waals surface area contributed by atoms with Crippen LogP contribution in [0.1, 0.15) is 23.0 Å². The summed E-state index contributed by atoms with van der Waals surface area (Å²) in [5.41, 5.74) is 0. The lowest BCUT2D eigenvalue weighted by Crippen LogP contribution is -2.57. The van der Waals surface area contributed by atoms with Crippen LogP contribution in [-0.2, 0) is 9.53 Å². The Hall–Kier alpha value is -1.48. The van der Waals surface area contributed by atoms with Crippen LogP contribution in [0.3, 0.4) is 0 Å². The van der Waals surface area contributed by atoms with Crippen LogP contribution in [0, 0.1) is 0 Å². The summed E-state index contributed by atoms with van der Waals surface area (Å²) in [6.07, 6.45) is 1.08. The van der Waals surface area contributed by atoms with Crippen molar-refractivity contribution in [3.63, 3.8) is 0 Å². The van der Waals surface area contributed by atoms with Crippen LogP contribution in [-0.4, -0.2) is 110 Å². The van der Waals surface area contributed by atoms with Gasteiger partial charge in [-0.05, 0) is 17.9 Å². The molecular formula is C20H32N4O3S. The molecular weight excluding hydrogens is 376 g/mol. The lowest BCUT2D eigenvalue weighted by atomic mass is 10.1. The Labute approximate surface area is 171 Å². The van der Waals surface area contributed by atoms with Gasteiger partial charge in [0.15, 0.2) is 0 Å². The average molecular weight is 409 g/mol. The Morgan fingerprint density at radius 2 is 1.89 bits per heavy atom. The summed E-state index contributed by atoms with van der Waals surface area (Å²) in [7, 11) is 1.74. The van der Waals surface area contributed by atoms with Gasteiger partial charge in [0.2, 0.25) is 5.91 Å². The number of amides is 2. The molecule has 0 saturated carbocycles. The van der Waals surface area contributed by atoms with E-state index in [4.69, 9.17) is 4.74 Å². The first-order chi connectivity index (χ1) is 13.6. The van der Waals surface area contributed by atoms with Crippen LogP contribution >= 0.6 is 11.3 Å². The Bertz CT molecular complexity index is 631. The molecule has 0 N–H and O–H groups in total. The number of piperazine rings is 2.